The lowest BCUT2D eigenvalue weighted by Gasteiger charge is -2.22. The van der Waals surface area contributed by atoms with Crippen LogP contribution in [0.5, 0.6) is 0 Å². The molecule has 0 bridgehead atoms. The van der Waals surface area contributed by atoms with Gasteiger partial charge in [0.25, 0.3) is 0 Å². The fraction of sp³-hybridized carbons (Fsp3) is 0.562. The number of halogens is 1. The number of nitrogens with two attached hydrogens (primary N) is 1. The van der Waals surface area contributed by atoms with E-state index >= 15 is 0 Å². The fourth-order valence-electron chi connectivity index (χ4n) is 1.92. The summed E-state index contributed by atoms with van der Waals surface area (Å²) in [6.45, 7) is 6.06. The predicted molar refractivity (Wildman–Crippen MR) is 95.7 cm³/mol. The van der Waals surface area contributed by atoms with E-state index in [4.69, 9.17) is 5.73 Å². The lowest BCUT2D eigenvalue weighted by atomic mass is 10.2. The zero-order valence-corrected chi connectivity index (χ0v) is 15.3. The first-order valence-electron chi connectivity index (χ1n) is 7.54. The van der Waals surface area contributed by atoms with Crippen molar-refractivity contribution in [1.29, 1.82) is 0 Å². The summed E-state index contributed by atoms with van der Waals surface area (Å²) in [6.07, 6.45) is 4.39. The number of carbonyl (C=O) groups is 1. The first-order valence-corrected chi connectivity index (χ1v) is 9.32. The molecular formula is C16H25BrN2OS. The Hall–Kier alpha value is -0.680. The molecule has 0 aromatic heterocycles. The summed E-state index contributed by atoms with van der Waals surface area (Å²) in [4.78, 5) is 15.4. The number of unbranched alkanes of at least 4 members (excludes halogenated alkanes) is 2. The third kappa shape index (κ3) is 6.74. The van der Waals surface area contributed by atoms with E-state index in [1.165, 1.54) is 0 Å². The first kappa shape index (κ1) is 18.4. The third-order valence-electron chi connectivity index (χ3n) is 3.22. The molecule has 0 saturated carbocycles. The second-order valence-electron chi connectivity index (χ2n) is 5.07. The lowest BCUT2D eigenvalue weighted by molar-refractivity contribution is -0.128. The molecule has 0 heterocycles. The van der Waals surface area contributed by atoms with Gasteiger partial charge in [0.15, 0.2) is 0 Å². The highest BCUT2D eigenvalue weighted by atomic mass is 79.9. The lowest BCUT2D eigenvalue weighted by Crippen LogP contribution is -2.34. The Morgan fingerprint density at radius 1 is 1.24 bits per heavy atom. The summed E-state index contributed by atoms with van der Waals surface area (Å²) in [7, 11) is 0. The number of amides is 1. The van der Waals surface area contributed by atoms with Gasteiger partial charge in [0.1, 0.15) is 0 Å². The highest BCUT2D eigenvalue weighted by Crippen LogP contribution is 2.29. The van der Waals surface area contributed by atoms with Gasteiger partial charge in [-0.3, -0.25) is 4.79 Å². The summed E-state index contributed by atoms with van der Waals surface area (Å²) < 4.78 is 0.953. The molecule has 1 amide bonds. The molecule has 0 spiro atoms. The molecule has 0 atom stereocenters. The van der Waals surface area contributed by atoms with E-state index in [9.17, 15) is 4.79 Å². The molecular weight excluding hydrogens is 348 g/mol. The standard InChI is InChI=1S/C16H25BrN2OS/c1-3-5-9-19(10-6-4-2)16(20)12-21-15-8-7-13(18)11-14(15)17/h7-8,11H,3-6,9-10,12,18H2,1-2H3. The molecule has 0 aliphatic rings. The number of nitrogens with zero attached hydrogens (tertiary/aromatic N) is 1. The molecule has 118 valence electrons. The maximum absolute atomic E-state index is 12.4. The minimum absolute atomic E-state index is 0.227. The molecule has 0 aliphatic carbocycles. The maximum Gasteiger partial charge on any atom is 0.232 e. The van der Waals surface area contributed by atoms with Gasteiger partial charge in [-0.05, 0) is 47.0 Å². The van der Waals surface area contributed by atoms with Crippen molar-refractivity contribution in [2.24, 2.45) is 0 Å². The van der Waals surface area contributed by atoms with Crippen LogP contribution >= 0.6 is 27.7 Å². The number of anilines is 1. The molecule has 1 aromatic rings. The molecule has 0 radical (unpaired) electrons. The highest BCUT2D eigenvalue weighted by molar-refractivity contribution is 9.10. The van der Waals surface area contributed by atoms with Gasteiger partial charge in [0.05, 0.1) is 5.75 Å². The number of rotatable bonds is 9. The topological polar surface area (TPSA) is 46.3 Å². The van der Waals surface area contributed by atoms with Crippen LogP contribution in [0.15, 0.2) is 27.6 Å². The summed E-state index contributed by atoms with van der Waals surface area (Å²) in [5.74, 6) is 0.710. The summed E-state index contributed by atoms with van der Waals surface area (Å²) >= 11 is 5.06. The van der Waals surface area contributed by atoms with E-state index in [0.29, 0.717) is 5.75 Å². The van der Waals surface area contributed by atoms with Gasteiger partial charge in [-0.2, -0.15) is 0 Å². The summed E-state index contributed by atoms with van der Waals surface area (Å²) in [5, 5.41) is 0. The van der Waals surface area contributed by atoms with Crippen LogP contribution in [-0.2, 0) is 4.79 Å². The minimum atomic E-state index is 0.227. The van der Waals surface area contributed by atoms with Crippen LogP contribution in [0, 0.1) is 0 Å². The minimum Gasteiger partial charge on any atom is -0.399 e. The van der Waals surface area contributed by atoms with Crippen LogP contribution in [0.25, 0.3) is 0 Å². The number of benzene rings is 1. The van der Waals surface area contributed by atoms with Crippen molar-refractivity contribution >= 4 is 39.3 Å². The Kier molecular flexibility index (Phi) is 8.85. The van der Waals surface area contributed by atoms with Crippen LogP contribution in [0.2, 0.25) is 0 Å². The Labute approximate surface area is 140 Å². The van der Waals surface area contributed by atoms with Gasteiger partial charge in [-0.25, -0.2) is 0 Å². The Morgan fingerprint density at radius 2 is 1.86 bits per heavy atom. The first-order chi connectivity index (χ1) is 10.1. The van der Waals surface area contributed by atoms with Crippen LogP contribution in [0.4, 0.5) is 5.69 Å². The van der Waals surface area contributed by atoms with Gasteiger partial charge in [0.2, 0.25) is 5.91 Å². The third-order valence-corrected chi connectivity index (χ3v) is 5.20. The smallest absolute Gasteiger partial charge is 0.232 e. The van der Waals surface area contributed by atoms with E-state index in [1.54, 1.807) is 11.8 Å². The Balaban J connectivity index is 2.55. The molecule has 21 heavy (non-hydrogen) atoms. The zero-order valence-electron chi connectivity index (χ0n) is 12.9. The number of nitrogen functional groups attached to an aromatic ring is 1. The predicted octanol–water partition coefficient (Wildman–Crippen LogP) is 4.55. The number of carbonyl (C=O) groups excluding carboxylic acids is 1. The zero-order chi connectivity index (χ0) is 15.7. The number of hydrogen-bond donors (Lipinski definition) is 1. The van der Waals surface area contributed by atoms with Crippen LogP contribution in [-0.4, -0.2) is 29.6 Å². The molecule has 1 rings (SSSR count). The van der Waals surface area contributed by atoms with Crippen molar-refractivity contribution < 1.29 is 4.79 Å². The van der Waals surface area contributed by atoms with E-state index < -0.39 is 0 Å². The molecule has 5 heteroatoms. The average Bonchev–Trinajstić information content (AvgIpc) is 2.46. The van der Waals surface area contributed by atoms with Crippen molar-refractivity contribution in [1.82, 2.24) is 4.90 Å². The SMILES string of the molecule is CCCCN(CCCC)C(=O)CSc1ccc(N)cc1Br. The largest absolute Gasteiger partial charge is 0.399 e. The number of hydrogen-bond acceptors (Lipinski definition) is 3. The Bertz CT molecular complexity index is 446. The second kappa shape index (κ2) is 10.1. The fourth-order valence-corrected chi connectivity index (χ4v) is 3.49. The van der Waals surface area contributed by atoms with Gasteiger partial charge in [0, 0.05) is 28.1 Å². The van der Waals surface area contributed by atoms with Crippen molar-refractivity contribution in [3.8, 4) is 0 Å². The van der Waals surface area contributed by atoms with Gasteiger partial charge in [-0.15, -0.1) is 11.8 Å². The van der Waals surface area contributed by atoms with Crippen LogP contribution in [0.3, 0.4) is 0 Å². The molecule has 3 nitrogen and oxygen atoms in total. The van der Waals surface area contributed by atoms with E-state index in [-0.39, 0.29) is 5.91 Å². The van der Waals surface area contributed by atoms with E-state index in [1.807, 2.05) is 23.1 Å². The van der Waals surface area contributed by atoms with Crippen LogP contribution < -0.4 is 5.73 Å². The average molecular weight is 373 g/mol. The molecule has 0 aliphatic heterocycles. The quantitative estimate of drug-likeness (QED) is 0.510. The van der Waals surface area contributed by atoms with E-state index in [2.05, 4.69) is 29.8 Å². The summed E-state index contributed by atoms with van der Waals surface area (Å²) in [5.41, 5.74) is 6.45. The highest BCUT2D eigenvalue weighted by Gasteiger charge is 2.13. The number of thioether (sulfide) groups is 1. The van der Waals surface area contributed by atoms with Crippen molar-refractivity contribution in [3.05, 3.63) is 22.7 Å². The van der Waals surface area contributed by atoms with Gasteiger partial charge in [-0.1, -0.05) is 26.7 Å². The summed E-state index contributed by atoms with van der Waals surface area (Å²) in [6, 6.07) is 5.70. The molecule has 1 aromatic carbocycles. The van der Waals surface area contributed by atoms with Crippen molar-refractivity contribution in [3.63, 3.8) is 0 Å². The van der Waals surface area contributed by atoms with Crippen LogP contribution in [0.1, 0.15) is 39.5 Å². The molecule has 0 fully saturated rings. The van der Waals surface area contributed by atoms with Gasteiger partial charge < -0.3 is 10.6 Å². The normalized spacial score (nSPS) is 10.6. The molecule has 2 N–H and O–H groups in total. The monoisotopic (exact) mass is 372 g/mol. The molecule has 0 unspecified atom stereocenters. The van der Waals surface area contributed by atoms with Gasteiger partial charge >= 0.3 is 0 Å². The van der Waals surface area contributed by atoms with Crippen molar-refractivity contribution in [2.45, 2.75) is 44.4 Å². The Morgan fingerprint density at radius 3 is 2.38 bits per heavy atom. The maximum atomic E-state index is 12.4. The second-order valence-corrected chi connectivity index (χ2v) is 6.94. The molecule has 0 saturated heterocycles. The van der Waals surface area contributed by atoms with Crippen molar-refractivity contribution in [2.75, 3.05) is 24.6 Å². The van der Waals surface area contributed by atoms with E-state index in [0.717, 1.165) is 53.8 Å².